The Bertz CT molecular complexity index is 1280. The van der Waals surface area contributed by atoms with Crippen molar-refractivity contribution in [3.63, 3.8) is 0 Å². The van der Waals surface area contributed by atoms with Gasteiger partial charge in [-0.2, -0.15) is 23.5 Å². The monoisotopic (exact) mass is 670 g/mol. The summed E-state index contributed by atoms with van der Waals surface area (Å²) in [5, 5.41) is 0. The third-order valence-electron chi connectivity index (χ3n) is 7.88. The fraction of sp³-hybridized carbons (Fsp3) is 0.412. The summed E-state index contributed by atoms with van der Waals surface area (Å²) in [5.74, 6) is 10.2. The number of benzene rings is 2. The Hall–Kier alpha value is -2.40. The van der Waals surface area contributed by atoms with Crippen LogP contribution in [0.4, 0.5) is 0 Å². The summed E-state index contributed by atoms with van der Waals surface area (Å²) < 4.78 is 21.7. The van der Waals surface area contributed by atoms with E-state index in [2.05, 4.69) is 58.5 Å². The van der Waals surface area contributed by atoms with Gasteiger partial charge in [0.1, 0.15) is 23.0 Å². The summed E-state index contributed by atoms with van der Waals surface area (Å²) in [7, 11) is 6.81. The molecule has 2 fully saturated rings. The first-order chi connectivity index (χ1) is 21.6. The lowest BCUT2D eigenvalue weighted by Gasteiger charge is -2.32. The van der Waals surface area contributed by atoms with Crippen LogP contribution in [0, 0.1) is 0 Å². The van der Waals surface area contributed by atoms with Gasteiger partial charge in [-0.15, -0.1) is 23.5 Å². The van der Waals surface area contributed by atoms with Crippen LogP contribution in [0.25, 0.3) is 0 Å². The number of methoxy groups -OCH3 is 4. The zero-order chi connectivity index (χ0) is 30.8. The number of hydrogen-bond acceptors (Lipinski definition) is 8. The molecule has 44 heavy (non-hydrogen) atoms. The van der Waals surface area contributed by atoms with Crippen molar-refractivity contribution in [2.45, 2.75) is 22.3 Å². The van der Waals surface area contributed by atoms with Crippen LogP contribution < -0.4 is 18.9 Å². The molecule has 0 bridgehead atoms. The molecule has 2 N–H and O–H groups in total. The second-order valence-corrected chi connectivity index (χ2v) is 15.5. The van der Waals surface area contributed by atoms with Crippen LogP contribution in [-0.2, 0) is 9.49 Å². The van der Waals surface area contributed by atoms with Crippen LogP contribution in [0.2, 0.25) is 0 Å². The second kappa shape index (κ2) is 15.7. The van der Waals surface area contributed by atoms with Crippen molar-refractivity contribution in [2.24, 2.45) is 0 Å². The third-order valence-corrected chi connectivity index (χ3v) is 13.8. The number of rotatable bonds is 8. The number of thioether (sulfide) groups is 4. The Balaban J connectivity index is 0.000000175. The van der Waals surface area contributed by atoms with E-state index in [1.54, 1.807) is 28.4 Å². The van der Waals surface area contributed by atoms with Crippen molar-refractivity contribution in [3.8, 4) is 23.0 Å². The predicted molar refractivity (Wildman–Crippen MR) is 191 cm³/mol. The smallest absolute Gasteiger partial charge is 0.122 e. The minimum absolute atomic E-state index is 0.0769. The Kier molecular flexibility index (Phi) is 11.8. The lowest BCUT2D eigenvalue weighted by molar-refractivity contribution is 0.392. The molecule has 2 atom stereocenters. The van der Waals surface area contributed by atoms with Crippen molar-refractivity contribution in [1.29, 1.82) is 0 Å². The molecule has 0 unspecified atom stereocenters. The molecular weight excluding hydrogens is 629 g/mol. The molecule has 236 valence electrons. The van der Waals surface area contributed by atoms with Gasteiger partial charge in [0.05, 0.1) is 37.9 Å². The molecule has 0 amide bonds. The van der Waals surface area contributed by atoms with Gasteiger partial charge < -0.3 is 28.9 Å². The zero-order valence-electron chi connectivity index (χ0n) is 25.9. The minimum atomic E-state index is -0.0769. The van der Waals surface area contributed by atoms with E-state index >= 15 is 0 Å². The van der Waals surface area contributed by atoms with E-state index in [0.29, 0.717) is 0 Å². The van der Waals surface area contributed by atoms with E-state index in [9.17, 15) is 0 Å². The molecule has 2 aromatic heterocycles. The maximum absolute atomic E-state index is 5.48. The maximum Gasteiger partial charge on any atom is 0.122 e. The molecule has 0 spiro atoms. The Morgan fingerprint density at radius 2 is 0.932 bits per heavy atom. The van der Waals surface area contributed by atoms with Gasteiger partial charge in [0.25, 0.3) is 0 Å². The van der Waals surface area contributed by atoms with Gasteiger partial charge >= 0.3 is 0 Å². The van der Waals surface area contributed by atoms with Crippen molar-refractivity contribution >= 4 is 47.0 Å². The van der Waals surface area contributed by atoms with Crippen LogP contribution >= 0.6 is 47.0 Å². The fourth-order valence-electron chi connectivity index (χ4n) is 5.53. The molecule has 2 aliphatic rings. The molecule has 2 aliphatic heterocycles. The first-order valence-electron chi connectivity index (χ1n) is 14.7. The van der Waals surface area contributed by atoms with Crippen molar-refractivity contribution < 1.29 is 18.9 Å². The lowest BCUT2D eigenvalue weighted by Crippen LogP contribution is -2.27. The van der Waals surface area contributed by atoms with Gasteiger partial charge in [-0.25, -0.2) is 0 Å². The largest absolute Gasteiger partial charge is 0.497 e. The van der Waals surface area contributed by atoms with Gasteiger partial charge in [0.2, 0.25) is 0 Å². The summed E-state index contributed by atoms with van der Waals surface area (Å²) in [4.78, 5) is 6.87. The molecular formula is C34H42N2O4S4. The summed E-state index contributed by atoms with van der Waals surface area (Å²) >= 11 is 8.08. The Labute approximate surface area is 278 Å². The molecule has 0 radical (unpaired) electrons. The molecule has 4 heterocycles. The van der Waals surface area contributed by atoms with E-state index in [0.717, 1.165) is 46.0 Å². The molecule has 6 rings (SSSR count). The van der Waals surface area contributed by atoms with Crippen LogP contribution in [-0.4, -0.2) is 72.9 Å². The van der Waals surface area contributed by atoms with Crippen molar-refractivity contribution in [1.82, 2.24) is 9.97 Å². The van der Waals surface area contributed by atoms with E-state index in [-0.39, 0.29) is 9.49 Å². The highest BCUT2D eigenvalue weighted by Gasteiger charge is 2.39. The number of nitrogens with one attached hydrogen (secondary N) is 2. The zero-order valence-corrected chi connectivity index (χ0v) is 29.1. The summed E-state index contributed by atoms with van der Waals surface area (Å²) in [6, 6.07) is 20.9. The molecule has 0 aliphatic carbocycles. The third kappa shape index (κ3) is 7.35. The van der Waals surface area contributed by atoms with Crippen molar-refractivity contribution in [3.05, 3.63) is 95.6 Å². The van der Waals surface area contributed by atoms with E-state index in [1.165, 1.54) is 46.9 Å². The number of aromatic nitrogens is 2. The first kappa shape index (κ1) is 33.0. The first-order valence-corrected chi connectivity index (χ1v) is 19.0. The predicted octanol–water partition coefficient (Wildman–Crippen LogP) is 8.29. The van der Waals surface area contributed by atoms with E-state index in [1.807, 2.05) is 71.6 Å². The van der Waals surface area contributed by atoms with Crippen LogP contribution in [0.3, 0.4) is 0 Å². The molecule has 6 nitrogen and oxygen atoms in total. The van der Waals surface area contributed by atoms with Crippen molar-refractivity contribution in [2.75, 3.05) is 63.0 Å². The summed E-state index contributed by atoms with van der Waals surface area (Å²) in [5.41, 5.74) is 4.99. The van der Waals surface area contributed by atoms with Crippen LogP contribution in [0.1, 0.15) is 35.4 Å². The highest BCUT2D eigenvalue weighted by atomic mass is 32.2. The van der Waals surface area contributed by atoms with Crippen LogP contribution in [0.15, 0.2) is 73.1 Å². The summed E-state index contributed by atoms with van der Waals surface area (Å²) in [6.45, 7) is 0. The maximum atomic E-state index is 5.48. The molecule has 2 aromatic carbocycles. The Morgan fingerprint density at radius 3 is 1.25 bits per heavy atom. The van der Waals surface area contributed by atoms with Gasteiger partial charge in [-0.05, 0) is 95.5 Å². The van der Waals surface area contributed by atoms with Gasteiger partial charge in [-0.1, -0.05) is 0 Å². The molecule has 2 saturated heterocycles. The molecule has 0 saturated carbocycles. The second-order valence-electron chi connectivity index (χ2n) is 10.5. The highest BCUT2D eigenvalue weighted by molar-refractivity contribution is 8.04. The quantitative estimate of drug-likeness (QED) is 0.194. The minimum Gasteiger partial charge on any atom is -0.497 e. The number of H-pyrrole nitrogens is 2. The number of ether oxygens (including phenoxy) is 4. The van der Waals surface area contributed by atoms with Gasteiger partial charge in [-0.3, -0.25) is 0 Å². The highest BCUT2D eigenvalue weighted by Crippen LogP contribution is 2.49. The summed E-state index contributed by atoms with van der Waals surface area (Å²) in [6.07, 6.45) is 6.51. The van der Waals surface area contributed by atoms with E-state index < -0.39 is 0 Å². The van der Waals surface area contributed by atoms with Gasteiger partial charge in [0, 0.05) is 47.4 Å². The Morgan fingerprint density at radius 1 is 0.545 bits per heavy atom. The molecule has 10 heteroatoms. The standard InChI is InChI=1S/2C17H21NO2S2/c2*1-19-14-9-13(10-15(11-14)20-2)17(16-5-3-6-18-16)12-21-7-4-8-22-17/h2*3,5-6,9-11,18H,4,7-8,12H2,1-2H3/t2*17-/m11/s1. The topological polar surface area (TPSA) is 68.5 Å². The SMILES string of the molecule is COc1cc(OC)cc([C@@]2(c3ccc[nH]3)CSCCCS2)c1.COc1cc(OC)cc([C@@]2(c3ccc[nH]3)CSCCCS2)c1. The van der Waals surface area contributed by atoms with Crippen LogP contribution in [0.5, 0.6) is 23.0 Å². The number of aromatic amines is 2. The fourth-order valence-corrected chi connectivity index (χ4v) is 11.7. The average molecular weight is 671 g/mol. The average Bonchev–Trinajstić information content (AvgIpc) is 3.71. The van der Waals surface area contributed by atoms with E-state index in [4.69, 9.17) is 18.9 Å². The van der Waals surface area contributed by atoms with Gasteiger partial charge in [0.15, 0.2) is 0 Å². The molecule has 4 aromatic rings. The number of hydrogen-bond donors (Lipinski definition) is 2. The lowest BCUT2D eigenvalue weighted by atomic mass is 9.96. The normalized spacial score (nSPS) is 22.1.